The number of fused-ring (bicyclic) bond motifs is 3. The first-order valence-electron chi connectivity index (χ1n) is 10.2. The Morgan fingerprint density at radius 2 is 1.84 bits per heavy atom. The van der Waals surface area contributed by atoms with E-state index in [0.29, 0.717) is 30.1 Å². The van der Waals surface area contributed by atoms with Crippen molar-refractivity contribution >= 4 is 39.4 Å². The van der Waals surface area contributed by atoms with Crippen LogP contribution in [0.3, 0.4) is 0 Å². The normalized spacial score (nSPS) is 16.2. The summed E-state index contributed by atoms with van der Waals surface area (Å²) in [6.07, 6.45) is 0.202. The van der Waals surface area contributed by atoms with E-state index >= 15 is 0 Å². The van der Waals surface area contributed by atoms with Crippen LogP contribution < -0.4 is 10.1 Å². The standard InChI is InChI=1S/C25H22N2O4/c1-30-23-12-19-18-9-5-6-10-21(18)31-22(19)13-20(23)26-25(29)17-11-24(28)27(15-17)14-16-7-3-2-4-8-16/h2-10,12-13,17H,11,14-15H2,1H3,(H,26,29)/t17-/m1/s1. The molecule has 0 aliphatic carbocycles. The molecule has 1 N–H and O–H groups in total. The van der Waals surface area contributed by atoms with E-state index < -0.39 is 5.92 Å². The summed E-state index contributed by atoms with van der Waals surface area (Å²) in [5.74, 6) is -0.0634. The average Bonchev–Trinajstić information content (AvgIpc) is 3.33. The molecule has 0 saturated carbocycles. The minimum Gasteiger partial charge on any atom is -0.495 e. The van der Waals surface area contributed by atoms with E-state index in [1.165, 1.54) is 0 Å². The third kappa shape index (κ3) is 3.61. The Morgan fingerprint density at radius 1 is 1.06 bits per heavy atom. The molecule has 0 bridgehead atoms. The summed E-state index contributed by atoms with van der Waals surface area (Å²) >= 11 is 0. The van der Waals surface area contributed by atoms with Gasteiger partial charge >= 0.3 is 0 Å². The number of hydrogen-bond donors (Lipinski definition) is 1. The highest BCUT2D eigenvalue weighted by Crippen LogP contribution is 2.36. The highest BCUT2D eigenvalue weighted by molar-refractivity contribution is 6.08. The average molecular weight is 414 g/mol. The second-order valence-electron chi connectivity index (χ2n) is 7.80. The van der Waals surface area contributed by atoms with Gasteiger partial charge in [-0.05, 0) is 17.7 Å². The number of nitrogens with one attached hydrogen (secondary N) is 1. The number of para-hydroxylation sites is 1. The van der Waals surface area contributed by atoms with E-state index in [-0.39, 0.29) is 18.2 Å². The maximum atomic E-state index is 13.0. The first-order chi connectivity index (χ1) is 15.1. The summed E-state index contributed by atoms with van der Waals surface area (Å²) in [7, 11) is 1.57. The maximum absolute atomic E-state index is 13.0. The van der Waals surface area contributed by atoms with Gasteiger partial charge in [0.1, 0.15) is 16.9 Å². The van der Waals surface area contributed by atoms with Crippen LogP contribution in [0.15, 0.2) is 71.1 Å². The lowest BCUT2D eigenvalue weighted by atomic mass is 10.1. The van der Waals surface area contributed by atoms with Crippen LogP contribution in [0.4, 0.5) is 5.69 Å². The number of nitrogens with zero attached hydrogens (tertiary/aromatic N) is 1. The molecule has 0 radical (unpaired) electrons. The lowest BCUT2D eigenvalue weighted by molar-refractivity contribution is -0.128. The highest BCUT2D eigenvalue weighted by atomic mass is 16.5. The zero-order chi connectivity index (χ0) is 21.4. The molecule has 1 fully saturated rings. The largest absolute Gasteiger partial charge is 0.495 e. The molecule has 5 rings (SSSR count). The van der Waals surface area contributed by atoms with Crippen molar-refractivity contribution in [2.24, 2.45) is 5.92 Å². The number of amides is 2. The Kier molecular flexibility index (Phi) is 4.82. The summed E-state index contributed by atoms with van der Waals surface area (Å²) in [6.45, 7) is 0.909. The molecule has 31 heavy (non-hydrogen) atoms. The van der Waals surface area contributed by atoms with Crippen molar-refractivity contribution in [2.75, 3.05) is 19.0 Å². The molecule has 4 aromatic rings. The molecular formula is C25H22N2O4. The third-order valence-corrected chi connectivity index (χ3v) is 5.76. The monoisotopic (exact) mass is 414 g/mol. The summed E-state index contributed by atoms with van der Waals surface area (Å²) in [6, 6.07) is 21.2. The summed E-state index contributed by atoms with van der Waals surface area (Å²) in [5, 5.41) is 4.86. The molecule has 6 nitrogen and oxygen atoms in total. The van der Waals surface area contributed by atoms with Crippen molar-refractivity contribution in [3.05, 3.63) is 72.3 Å². The van der Waals surface area contributed by atoms with Crippen molar-refractivity contribution < 1.29 is 18.7 Å². The highest BCUT2D eigenvalue weighted by Gasteiger charge is 2.34. The van der Waals surface area contributed by atoms with Crippen molar-refractivity contribution in [2.45, 2.75) is 13.0 Å². The number of methoxy groups -OCH3 is 1. The summed E-state index contributed by atoms with van der Waals surface area (Å²) < 4.78 is 11.5. The predicted molar refractivity (Wildman–Crippen MR) is 119 cm³/mol. The molecule has 156 valence electrons. The van der Waals surface area contributed by atoms with Gasteiger partial charge in [0, 0.05) is 36.3 Å². The molecule has 2 heterocycles. The number of anilines is 1. The van der Waals surface area contributed by atoms with E-state index in [1.807, 2.05) is 60.7 Å². The zero-order valence-electron chi connectivity index (χ0n) is 17.1. The molecule has 3 aromatic carbocycles. The minimum absolute atomic E-state index is 0.0105. The van der Waals surface area contributed by atoms with Gasteiger partial charge in [-0.1, -0.05) is 48.5 Å². The van der Waals surface area contributed by atoms with E-state index in [9.17, 15) is 9.59 Å². The van der Waals surface area contributed by atoms with Crippen LogP contribution in [0.2, 0.25) is 0 Å². The Hall–Kier alpha value is -3.80. The van der Waals surface area contributed by atoms with Gasteiger partial charge in [0.05, 0.1) is 18.7 Å². The fourth-order valence-corrected chi connectivity index (χ4v) is 4.16. The van der Waals surface area contributed by atoms with Crippen LogP contribution in [-0.4, -0.2) is 30.4 Å². The van der Waals surface area contributed by atoms with Crippen molar-refractivity contribution in [3.8, 4) is 5.75 Å². The van der Waals surface area contributed by atoms with Gasteiger partial charge in [-0.25, -0.2) is 0 Å². The topological polar surface area (TPSA) is 71.8 Å². The molecule has 1 atom stereocenters. The van der Waals surface area contributed by atoms with E-state index in [1.54, 1.807) is 18.1 Å². The number of furan rings is 1. The molecule has 1 aliphatic rings. The fraction of sp³-hybridized carbons (Fsp3) is 0.200. The van der Waals surface area contributed by atoms with Crippen molar-refractivity contribution in [1.82, 2.24) is 4.90 Å². The van der Waals surface area contributed by atoms with Crippen LogP contribution in [0.1, 0.15) is 12.0 Å². The molecule has 0 unspecified atom stereocenters. The lowest BCUT2D eigenvalue weighted by Crippen LogP contribution is -2.28. The van der Waals surface area contributed by atoms with Crippen LogP contribution in [0.5, 0.6) is 5.75 Å². The van der Waals surface area contributed by atoms with Crippen LogP contribution in [0, 0.1) is 5.92 Å². The number of rotatable bonds is 5. The minimum atomic E-state index is -0.410. The molecule has 1 aromatic heterocycles. The van der Waals surface area contributed by atoms with Crippen LogP contribution >= 0.6 is 0 Å². The lowest BCUT2D eigenvalue weighted by Gasteiger charge is -2.17. The first-order valence-corrected chi connectivity index (χ1v) is 10.2. The Labute approximate surface area is 179 Å². The van der Waals surface area contributed by atoms with E-state index in [4.69, 9.17) is 9.15 Å². The second kappa shape index (κ2) is 7.80. The van der Waals surface area contributed by atoms with Gasteiger partial charge in [0.2, 0.25) is 11.8 Å². The molecule has 6 heteroatoms. The molecule has 1 aliphatic heterocycles. The summed E-state index contributed by atoms with van der Waals surface area (Å²) in [5.41, 5.74) is 3.04. The van der Waals surface area contributed by atoms with Gasteiger partial charge < -0.3 is 19.4 Å². The smallest absolute Gasteiger partial charge is 0.229 e. The molecule has 0 spiro atoms. The SMILES string of the molecule is COc1cc2c(cc1NC(=O)[C@@H]1CC(=O)N(Cc3ccccc3)C1)oc1ccccc12. The van der Waals surface area contributed by atoms with Gasteiger partial charge in [0.25, 0.3) is 0 Å². The first kappa shape index (κ1) is 19.2. The van der Waals surface area contributed by atoms with Crippen LogP contribution in [0.25, 0.3) is 21.9 Å². The molecular weight excluding hydrogens is 392 g/mol. The number of hydrogen-bond acceptors (Lipinski definition) is 4. The fourth-order valence-electron chi connectivity index (χ4n) is 4.16. The number of carbonyl (C=O) groups excluding carboxylic acids is 2. The molecule has 2 amide bonds. The number of carbonyl (C=O) groups is 2. The van der Waals surface area contributed by atoms with E-state index in [0.717, 1.165) is 21.9 Å². The van der Waals surface area contributed by atoms with Gasteiger partial charge in [-0.15, -0.1) is 0 Å². The van der Waals surface area contributed by atoms with E-state index in [2.05, 4.69) is 5.32 Å². The van der Waals surface area contributed by atoms with Gasteiger partial charge in [0.15, 0.2) is 0 Å². The number of likely N-dealkylation sites (tertiary alicyclic amines) is 1. The Bertz CT molecular complexity index is 1280. The van der Waals surface area contributed by atoms with Crippen LogP contribution in [-0.2, 0) is 16.1 Å². The Balaban J connectivity index is 1.36. The van der Waals surface area contributed by atoms with Crippen molar-refractivity contribution in [3.63, 3.8) is 0 Å². The number of benzene rings is 3. The number of ether oxygens (including phenoxy) is 1. The third-order valence-electron chi connectivity index (χ3n) is 5.76. The predicted octanol–water partition coefficient (Wildman–Crippen LogP) is 4.58. The van der Waals surface area contributed by atoms with Gasteiger partial charge in [-0.3, -0.25) is 9.59 Å². The Morgan fingerprint density at radius 3 is 2.65 bits per heavy atom. The maximum Gasteiger partial charge on any atom is 0.229 e. The summed E-state index contributed by atoms with van der Waals surface area (Å²) in [4.78, 5) is 27.1. The molecule has 1 saturated heterocycles. The zero-order valence-corrected chi connectivity index (χ0v) is 17.1. The van der Waals surface area contributed by atoms with Crippen molar-refractivity contribution in [1.29, 1.82) is 0 Å². The quantitative estimate of drug-likeness (QED) is 0.519. The second-order valence-corrected chi connectivity index (χ2v) is 7.80. The van der Waals surface area contributed by atoms with Gasteiger partial charge in [-0.2, -0.15) is 0 Å².